The van der Waals surface area contributed by atoms with E-state index in [0.717, 1.165) is 28.2 Å². The molecule has 2 aromatic rings. The van der Waals surface area contributed by atoms with Crippen LogP contribution in [0.1, 0.15) is 20.3 Å². The first-order chi connectivity index (χ1) is 11.6. The van der Waals surface area contributed by atoms with Crippen molar-refractivity contribution in [3.05, 3.63) is 30.3 Å². The highest BCUT2D eigenvalue weighted by molar-refractivity contribution is 8.01. The van der Waals surface area contributed by atoms with Crippen molar-refractivity contribution in [2.45, 2.75) is 24.6 Å². The molecule has 1 N–H and O–H groups in total. The van der Waals surface area contributed by atoms with Crippen molar-refractivity contribution >= 4 is 39.8 Å². The normalized spacial score (nSPS) is 20.8. The zero-order valence-electron chi connectivity index (χ0n) is 13.9. The van der Waals surface area contributed by atoms with Crippen molar-refractivity contribution in [3.63, 3.8) is 0 Å². The number of nitrogens with one attached hydrogen (secondary N) is 1. The summed E-state index contributed by atoms with van der Waals surface area (Å²) in [6.45, 7) is 6.19. The van der Waals surface area contributed by atoms with E-state index in [2.05, 4.69) is 29.4 Å². The first-order valence-corrected chi connectivity index (χ1v) is 9.96. The van der Waals surface area contributed by atoms with Gasteiger partial charge in [0.05, 0.1) is 5.75 Å². The number of thioether (sulfide) groups is 1. The minimum absolute atomic E-state index is 0.200. The number of likely N-dealkylation sites (tertiary alicyclic amines) is 1. The largest absolute Gasteiger partial charge is 0.341 e. The van der Waals surface area contributed by atoms with Gasteiger partial charge in [-0.05, 0) is 30.4 Å². The van der Waals surface area contributed by atoms with Crippen LogP contribution >= 0.6 is 23.1 Å². The Kier molecular flexibility index (Phi) is 5.73. The summed E-state index contributed by atoms with van der Waals surface area (Å²) in [5, 5.41) is 12.3. The summed E-state index contributed by atoms with van der Waals surface area (Å²) in [5.74, 6) is 1.81. The maximum atomic E-state index is 12.4. The fraction of sp³-hybridized carbons (Fsp3) is 0.471. The molecule has 2 heterocycles. The smallest absolute Gasteiger partial charge is 0.233 e. The number of anilines is 2. The van der Waals surface area contributed by atoms with Gasteiger partial charge in [0.15, 0.2) is 4.34 Å². The van der Waals surface area contributed by atoms with E-state index in [1.165, 1.54) is 29.5 Å². The number of para-hydroxylation sites is 1. The molecule has 24 heavy (non-hydrogen) atoms. The molecular weight excluding hydrogens is 340 g/mol. The number of rotatable bonds is 5. The monoisotopic (exact) mass is 362 g/mol. The Morgan fingerprint density at radius 1 is 1.25 bits per heavy atom. The highest BCUT2D eigenvalue weighted by Gasteiger charge is 2.25. The molecule has 1 aliphatic heterocycles. The second kappa shape index (κ2) is 7.98. The van der Waals surface area contributed by atoms with Crippen molar-refractivity contribution < 1.29 is 4.79 Å². The van der Waals surface area contributed by atoms with E-state index in [0.29, 0.717) is 17.6 Å². The fourth-order valence-electron chi connectivity index (χ4n) is 3.04. The van der Waals surface area contributed by atoms with Crippen molar-refractivity contribution in [2.75, 3.05) is 24.2 Å². The summed E-state index contributed by atoms with van der Waals surface area (Å²) in [5.41, 5.74) is 0.984. The number of carbonyl (C=O) groups is 1. The highest BCUT2D eigenvalue weighted by atomic mass is 32.2. The second-order valence-corrected chi connectivity index (χ2v) is 8.60. The molecule has 1 aliphatic rings. The van der Waals surface area contributed by atoms with Crippen molar-refractivity contribution in [2.24, 2.45) is 11.8 Å². The molecule has 0 aliphatic carbocycles. The molecule has 1 amide bonds. The lowest BCUT2D eigenvalue weighted by Crippen LogP contribution is -2.43. The first-order valence-electron chi connectivity index (χ1n) is 8.16. The Balaban J connectivity index is 1.51. The standard InChI is InChI=1S/C17H22N4OS2/c1-12-8-13(2)10-21(9-12)15(22)11-23-17-20-19-16(24-17)18-14-6-4-3-5-7-14/h3-7,12-13H,8-11H2,1-2H3,(H,18,19)/t12-,13+. The van der Waals surface area contributed by atoms with Crippen molar-refractivity contribution in [1.29, 1.82) is 0 Å². The molecule has 128 valence electrons. The summed E-state index contributed by atoms with van der Waals surface area (Å²) in [6.07, 6.45) is 1.21. The molecule has 1 aromatic carbocycles. The molecule has 2 atom stereocenters. The van der Waals surface area contributed by atoms with Crippen molar-refractivity contribution in [1.82, 2.24) is 15.1 Å². The molecule has 3 rings (SSSR count). The molecule has 0 bridgehead atoms. The van der Waals surface area contributed by atoms with Gasteiger partial charge < -0.3 is 10.2 Å². The van der Waals surface area contributed by atoms with Crippen LogP contribution in [-0.4, -0.2) is 39.8 Å². The van der Waals surface area contributed by atoms with Gasteiger partial charge in [-0.2, -0.15) is 0 Å². The molecule has 7 heteroatoms. The SMILES string of the molecule is C[C@@H]1C[C@H](C)CN(C(=O)CSc2nnc(Nc3ccccc3)s2)C1. The Morgan fingerprint density at radius 2 is 1.96 bits per heavy atom. The quantitative estimate of drug-likeness (QED) is 0.818. The van der Waals surface area contributed by atoms with Gasteiger partial charge in [0.1, 0.15) is 0 Å². The van der Waals surface area contributed by atoms with Crippen LogP contribution < -0.4 is 5.32 Å². The van der Waals surface area contributed by atoms with E-state index in [9.17, 15) is 4.79 Å². The van der Waals surface area contributed by atoms with Gasteiger partial charge >= 0.3 is 0 Å². The molecule has 1 saturated heterocycles. The minimum Gasteiger partial charge on any atom is -0.341 e. The zero-order chi connectivity index (χ0) is 16.9. The predicted octanol–water partition coefficient (Wildman–Crippen LogP) is 3.88. The molecule has 1 aromatic heterocycles. The van der Waals surface area contributed by atoms with Gasteiger partial charge in [-0.15, -0.1) is 10.2 Å². The summed E-state index contributed by atoms with van der Waals surface area (Å²) < 4.78 is 0.819. The molecule has 0 radical (unpaired) electrons. The van der Waals surface area contributed by atoms with Crippen LogP contribution in [0.5, 0.6) is 0 Å². The summed E-state index contributed by atoms with van der Waals surface area (Å²) in [7, 11) is 0. The van der Waals surface area contributed by atoms with Gasteiger partial charge in [-0.25, -0.2) is 0 Å². The van der Waals surface area contributed by atoms with E-state index in [1.54, 1.807) is 0 Å². The maximum absolute atomic E-state index is 12.4. The van der Waals surface area contributed by atoms with Gasteiger partial charge in [-0.3, -0.25) is 4.79 Å². The molecule has 1 fully saturated rings. The van der Waals surface area contributed by atoms with Crippen LogP contribution in [-0.2, 0) is 4.79 Å². The number of hydrogen-bond acceptors (Lipinski definition) is 6. The maximum Gasteiger partial charge on any atom is 0.233 e. The second-order valence-electron chi connectivity index (χ2n) is 6.40. The predicted molar refractivity (Wildman–Crippen MR) is 99.9 cm³/mol. The van der Waals surface area contributed by atoms with E-state index in [-0.39, 0.29) is 5.91 Å². The van der Waals surface area contributed by atoms with E-state index in [4.69, 9.17) is 0 Å². The Labute approximate surface area is 150 Å². The van der Waals surface area contributed by atoms with E-state index in [1.807, 2.05) is 35.2 Å². The number of carbonyl (C=O) groups excluding carboxylic acids is 1. The van der Waals surface area contributed by atoms with Gasteiger partial charge in [-0.1, -0.05) is 55.1 Å². The zero-order valence-corrected chi connectivity index (χ0v) is 15.6. The van der Waals surface area contributed by atoms with Gasteiger partial charge in [0, 0.05) is 18.8 Å². The van der Waals surface area contributed by atoms with Crippen molar-refractivity contribution in [3.8, 4) is 0 Å². The summed E-state index contributed by atoms with van der Waals surface area (Å²) >= 11 is 2.95. The third-order valence-corrected chi connectivity index (χ3v) is 5.93. The number of aromatic nitrogens is 2. The van der Waals surface area contributed by atoms with Crippen LogP contribution in [0.4, 0.5) is 10.8 Å². The average molecular weight is 363 g/mol. The number of amides is 1. The van der Waals surface area contributed by atoms with Crippen LogP contribution in [0.15, 0.2) is 34.7 Å². The summed E-state index contributed by atoms with van der Waals surface area (Å²) in [6, 6.07) is 9.88. The van der Waals surface area contributed by atoms with Gasteiger partial charge in [0.2, 0.25) is 11.0 Å². The topological polar surface area (TPSA) is 58.1 Å². The molecule has 0 unspecified atom stereocenters. The lowest BCUT2D eigenvalue weighted by molar-refractivity contribution is -0.130. The average Bonchev–Trinajstić information content (AvgIpc) is 3.00. The number of benzene rings is 1. The molecule has 0 saturated carbocycles. The Bertz CT molecular complexity index is 666. The third kappa shape index (κ3) is 4.70. The number of nitrogens with zero attached hydrogens (tertiary/aromatic N) is 3. The minimum atomic E-state index is 0.200. The Morgan fingerprint density at radius 3 is 2.67 bits per heavy atom. The first kappa shape index (κ1) is 17.2. The lowest BCUT2D eigenvalue weighted by atomic mass is 9.92. The molecule has 0 spiro atoms. The summed E-state index contributed by atoms with van der Waals surface area (Å²) in [4.78, 5) is 14.4. The Hall–Kier alpha value is -1.60. The highest BCUT2D eigenvalue weighted by Crippen LogP contribution is 2.28. The lowest BCUT2D eigenvalue weighted by Gasteiger charge is -2.34. The van der Waals surface area contributed by atoms with Crippen LogP contribution in [0, 0.1) is 11.8 Å². The van der Waals surface area contributed by atoms with E-state index < -0.39 is 0 Å². The van der Waals surface area contributed by atoms with Crippen LogP contribution in [0.2, 0.25) is 0 Å². The van der Waals surface area contributed by atoms with E-state index >= 15 is 0 Å². The van der Waals surface area contributed by atoms with Crippen LogP contribution in [0.25, 0.3) is 0 Å². The fourth-order valence-corrected chi connectivity index (χ4v) is 4.72. The molecule has 5 nitrogen and oxygen atoms in total. The van der Waals surface area contributed by atoms with Gasteiger partial charge in [0.25, 0.3) is 0 Å². The number of piperidine rings is 1. The number of hydrogen-bond donors (Lipinski definition) is 1. The van der Waals surface area contributed by atoms with Crippen LogP contribution in [0.3, 0.4) is 0 Å². The third-order valence-electron chi connectivity index (χ3n) is 3.97. The molecular formula is C17H22N4OS2.